The quantitative estimate of drug-likeness (QED) is 0.626. The van der Waals surface area contributed by atoms with Gasteiger partial charge in [-0.2, -0.15) is 5.10 Å². The van der Waals surface area contributed by atoms with Crippen molar-refractivity contribution in [3.63, 3.8) is 0 Å². The van der Waals surface area contributed by atoms with Crippen LogP contribution in [0.25, 0.3) is 0 Å². The maximum Gasteiger partial charge on any atom is 0.0986 e. The van der Waals surface area contributed by atoms with Crippen molar-refractivity contribution in [2.24, 2.45) is 5.84 Å². The number of aryl methyl sites for hydroxylation is 2. The molecule has 0 aliphatic rings. The van der Waals surface area contributed by atoms with Crippen LogP contribution in [0.1, 0.15) is 35.0 Å². The van der Waals surface area contributed by atoms with Crippen LogP contribution in [0.15, 0.2) is 18.5 Å². The molecule has 17 heavy (non-hydrogen) atoms. The Kier molecular flexibility index (Phi) is 3.88. The van der Waals surface area contributed by atoms with Gasteiger partial charge in [-0.05, 0) is 19.4 Å². The Labute approximate surface area is 105 Å². The zero-order valence-electron chi connectivity index (χ0n) is 10.1. The first-order chi connectivity index (χ1) is 8.26. The van der Waals surface area contributed by atoms with Crippen LogP contribution in [0, 0.1) is 6.92 Å². The van der Waals surface area contributed by atoms with Crippen molar-refractivity contribution in [1.82, 2.24) is 20.2 Å². The third kappa shape index (κ3) is 2.54. The number of hydrazine groups is 1. The molecule has 0 aromatic carbocycles. The number of aromatic nitrogens is 3. The third-order valence-corrected chi connectivity index (χ3v) is 3.55. The summed E-state index contributed by atoms with van der Waals surface area (Å²) < 4.78 is 1.99. The lowest BCUT2D eigenvalue weighted by Gasteiger charge is -2.15. The van der Waals surface area contributed by atoms with Gasteiger partial charge in [0.2, 0.25) is 0 Å². The van der Waals surface area contributed by atoms with Gasteiger partial charge >= 0.3 is 0 Å². The van der Waals surface area contributed by atoms with Gasteiger partial charge < -0.3 is 0 Å². The summed E-state index contributed by atoms with van der Waals surface area (Å²) in [6.07, 6.45) is 4.73. The van der Waals surface area contributed by atoms with Crippen LogP contribution in [0.4, 0.5) is 0 Å². The Balaban J connectivity index is 2.31. The number of hydrogen-bond acceptors (Lipinski definition) is 5. The first kappa shape index (κ1) is 12.2. The molecule has 2 heterocycles. The highest BCUT2D eigenvalue weighted by atomic mass is 32.1. The van der Waals surface area contributed by atoms with E-state index in [1.54, 1.807) is 11.3 Å². The van der Waals surface area contributed by atoms with Crippen molar-refractivity contribution < 1.29 is 0 Å². The second-order valence-corrected chi connectivity index (χ2v) is 5.13. The average molecular weight is 251 g/mol. The summed E-state index contributed by atoms with van der Waals surface area (Å²) in [4.78, 5) is 5.38. The third-order valence-electron chi connectivity index (χ3n) is 2.57. The summed E-state index contributed by atoms with van der Waals surface area (Å²) >= 11 is 1.65. The summed E-state index contributed by atoms with van der Waals surface area (Å²) in [6, 6.07) is 1.96. The molecule has 0 amide bonds. The van der Waals surface area contributed by atoms with Gasteiger partial charge in [0.15, 0.2) is 0 Å². The van der Waals surface area contributed by atoms with Crippen molar-refractivity contribution in [2.75, 3.05) is 0 Å². The molecule has 0 bridgehead atoms. The minimum atomic E-state index is -0.0322. The van der Waals surface area contributed by atoms with E-state index < -0.39 is 0 Å². The summed E-state index contributed by atoms with van der Waals surface area (Å²) in [5.74, 6) is 5.66. The molecule has 0 aliphatic heterocycles. The second-order valence-electron chi connectivity index (χ2n) is 3.86. The predicted molar refractivity (Wildman–Crippen MR) is 68.5 cm³/mol. The van der Waals surface area contributed by atoms with Crippen LogP contribution < -0.4 is 11.3 Å². The zero-order valence-corrected chi connectivity index (χ0v) is 10.9. The molecule has 0 saturated carbocycles. The highest BCUT2D eigenvalue weighted by molar-refractivity contribution is 7.11. The van der Waals surface area contributed by atoms with E-state index in [0.29, 0.717) is 0 Å². The highest BCUT2D eigenvalue weighted by Crippen LogP contribution is 2.25. The van der Waals surface area contributed by atoms with Crippen LogP contribution in [-0.4, -0.2) is 14.8 Å². The highest BCUT2D eigenvalue weighted by Gasteiger charge is 2.18. The summed E-state index contributed by atoms with van der Waals surface area (Å²) in [5, 5.41) is 5.36. The van der Waals surface area contributed by atoms with E-state index in [1.165, 1.54) is 0 Å². The lowest BCUT2D eigenvalue weighted by molar-refractivity contribution is 0.524. The molecule has 0 aliphatic carbocycles. The molecular formula is C11H17N5S. The minimum absolute atomic E-state index is 0.0322. The maximum absolute atomic E-state index is 5.66. The summed E-state index contributed by atoms with van der Waals surface area (Å²) in [6.45, 7) is 5.02. The normalized spacial score (nSPS) is 12.9. The SMILES string of the molecule is CCCn1nccc1C(NN)c1cnc(C)s1. The Morgan fingerprint density at radius 3 is 3.00 bits per heavy atom. The topological polar surface area (TPSA) is 68.8 Å². The van der Waals surface area contributed by atoms with Gasteiger partial charge in [-0.25, -0.2) is 10.4 Å². The predicted octanol–water partition coefficient (Wildman–Crippen LogP) is 1.61. The molecule has 0 spiro atoms. The molecule has 1 atom stereocenters. The minimum Gasteiger partial charge on any atom is -0.270 e. The van der Waals surface area contributed by atoms with Gasteiger partial charge in [-0.1, -0.05) is 6.92 Å². The molecule has 6 heteroatoms. The van der Waals surface area contributed by atoms with Crippen molar-refractivity contribution in [2.45, 2.75) is 32.9 Å². The summed E-state index contributed by atoms with van der Waals surface area (Å²) in [5.41, 5.74) is 3.92. The van der Waals surface area contributed by atoms with Crippen LogP contribution >= 0.6 is 11.3 Å². The second kappa shape index (κ2) is 5.39. The molecule has 2 rings (SSSR count). The van der Waals surface area contributed by atoms with E-state index in [2.05, 4.69) is 22.4 Å². The molecule has 2 aromatic heterocycles. The van der Waals surface area contributed by atoms with Crippen molar-refractivity contribution in [1.29, 1.82) is 0 Å². The smallest absolute Gasteiger partial charge is 0.0986 e. The monoisotopic (exact) mass is 251 g/mol. The van der Waals surface area contributed by atoms with Crippen LogP contribution in [0.2, 0.25) is 0 Å². The Morgan fingerprint density at radius 1 is 1.59 bits per heavy atom. The molecule has 2 aromatic rings. The van der Waals surface area contributed by atoms with Crippen molar-refractivity contribution in [3.8, 4) is 0 Å². The van der Waals surface area contributed by atoms with Crippen molar-refractivity contribution >= 4 is 11.3 Å². The van der Waals surface area contributed by atoms with E-state index in [1.807, 2.05) is 30.1 Å². The average Bonchev–Trinajstić information content (AvgIpc) is 2.91. The Morgan fingerprint density at radius 2 is 2.41 bits per heavy atom. The van der Waals surface area contributed by atoms with E-state index in [0.717, 1.165) is 28.5 Å². The Bertz CT molecular complexity index is 476. The van der Waals surface area contributed by atoms with Gasteiger partial charge in [-0.15, -0.1) is 11.3 Å². The maximum atomic E-state index is 5.66. The van der Waals surface area contributed by atoms with Gasteiger partial charge in [0, 0.05) is 23.8 Å². The van der Waals surface area contributed by atoms with Crippen LogP contribution in [0.5, 0.6) is 0 Å². The number of rotatable bonds is 5. The number of hydrogen-bond donors (Lipinski definition) is 2. The van der Waals surface area contributed by atoms with E-state index in [-0.39, 0.29) is 6.04 Å². The van der Waals surface area contributed by atoms with E-state index in [9.17, 15) is 0 Å². The first-order valence-electron chi connectivity index (χ1n) is 5.66. The summed E-state index contributed by atoms with van der Waals surface area (Å²) in [7, 11) is 0. The lowest BCUT2D eigenvalue weighted by Crippen LogP contribution is -2.30. The van der Waals surface area contributed by atoms with E-state index in [4.69, 9.17) is 5.84 Å². The molecule has 5 nitrogen and oxygen atoms in total. The van der Waals surface area contributed by atoms with Gasteiger partial charge in [-0.3, -0.25) is 10.5 Å². The van der Waals surface area contributed by atoms with Gasteiger partial charge in [0.1, 0.15) is 0 Å². The molecule has 0 saturated heterocycles. The van der Waals surface area contributed by atoms with Gasteiger partial charge in [0.25, 0.3) is 0 Å². The van der Waals surface area contributed by atoms with E-state index >= 15 is 0 Å². The number of nitrogens with zero attached hydrogens (tertiary/aromatic N) is 3. The fraction of sp³-hybridized carbons (Fsp3) is 0.455. The van der Waals surface area contributed by atoms with Crippen molar-refractivity contribution in [3.05, 3.63) is 34.0 Å². The molecule has 1 unspecified atom stereocenters. The fourth-order valence-corrected chi connectivity index (χ4v) is 2.67. The largest absolute Gasteiger partial charge is 0.270 e. The number of nitrogens with two attached hydrogens (primary N) is 1. The van der Waals surface area contributed by atoms with Gasteiger partial charge in [0.05, 0.1) is 16.7 Å². The van der Waals surface area contributed by atoms with Crippen LogP contribution in [-0.2, 0) is 6.54 Å². The fourth-order valence-electron chi connectivity index (χ4n) is 1.81. The number of thiazole rings is 1. The Hall–Kier alpha value is -1.24. The molecule has 3 N–H and O–H groups in total. The lowest BCUT2D eigenvalue weighted by atomic mass is 10.2. The standard InChI is InChI=1S/C11H17N5S/c1-3-6-16-9(4-5-14-16)11(15-12)10-7-13-8(2)17-10/h4-5,7,11,15H,3,6,12H2,1-2H3. The molecule has 0 radical (unpaired) electrons. The molecule has 0 fully saturated rings. The molecular weight excluding hydrogens is 234 g/mol. The molecule has 92 valence electrons. The zero-order chi connectivity index (χ0) is 12.3. The van der Waals surface area contributed by atoms with Crippen LogP contribution in [0.3, 0.4) is 0 Å². The first-order valence-corrected chi connectivity index (χ1v) is 6.48. The number of nitrogens with one attached hydrogen (secondary N) is 1.